The number of fused-ring (bicyclic) bond motifs is 1. The average molecular weight is 218 g/mol. The highest BCUT2D eigenvalue weighted by atomic mass is 16.5. The van der Waals surface area contributed by atoms with Gasteiger partial charge in [0.25, 0.3) is 0 Å². The molecular weight excluding hydrogens is 204 g/mol. The summed E-state index contributed by atoms with van der Waals surface area (Å²) in [5.41, 5.74) is 3.15. The first-order chi connectivity index (χ1) is 7.93. The van der Waals surface area contributed by atoms with Gasteiger partial charge < -0.3 is 4.74 Å². The first kappa shape index (κ1) is 9.74. The maximum Gasteiger partial charge on any atom is 0.117 e. The van der Waals surface area contributed by atoms with Crippen molar-refractivity contribution in [1.29, 1.82) is 0 Å². The quantitative estimate of drug-likeness (QED) is 0.809. The Labute approximate surface area is 93.4 Å². The molecule has 0 unspecified atom stereocenters. The largest absolute Gasteiger partial charge is 0.379 e. The second kappa shape index (κ2) is 4.19. The number of nitrogens with zero attached hydrogens (tertiary/aromatic N) is 3. The van der Waals surface area contributed by atoms with E-state index in [4.69, 9.17) is 4.74 Å². The molecule has 0 bridgehead atoms. The van der Waals surface area contributed by atoms with Crippen molar-refractivity contribution in [2.45, 2.75) is 6.54 Å². The van der Waals surface area contributed by atoms with Gasteiger partial charge in [0, 0.05) is 19.6 Å². The first-order valence-electron chi connectivity index (χ1n) is 5.52. The molecule has 0 radical (unpaired) electrons. The Bertz CT molecular complexity index is 476. The smallest absolute Gasteiger partial charge is 0.117 e. The molecule has 1 aromatic carbocycles. The molecule has 3 rings (SSSR count). The lowest BCUT2D eigenvalue weighted by molar-refractivity contribution is 0.0343. The molecule has 5 nitrogen and oxygen atoms in total. The first-order valence-corrected chi connectivity index (χ1v) is 5.52. The van der Waals surface area contributed by atoms with Crippen LogP contribution in [0.25, 0.3) is 11.0 Å². The summed E-state index contributed by atoms with van der Waals surface area (Å²) in [6.07, 6.45) is 0. The molecule has 1 aromatic heterocycles. The summed E-state index contributed by atoms with van der Waals surface area (Å²) in [5.74, 6) is 0. The highest BCUT2D eigenvalue weighted by Crippen LogP contribution is 2.16. The van der Waals surface area contributed by atoms with Crippen LogP contribution in [0.4, 0.5) is 0 Å². The van der Waals surface area contributed by atoms with Crippen LogP contribution in [0.1, 0.15) is 5.56 Å². The Morgan fingerprint density at radius 3 is 3.00 bits per heavy atom. The number of hydrogen-bond donors (Lipinski definition) is 1. The molecule has 1 fully saturated rings. The molecule has 1 N–H and O–H groups in total. The molecule has 1 aliphatic rings. The number of hydrogen-bond acceptors (Lipinski definition) is 4. The highest BCUT2D eigenvalue weighted by molar-refractivity contribution is 5.77. The lowest BCUT2D eigenvalue weighted by atomic mass is 10.1. The van der Waals surface area contributed by atoms with Crippen LogP contribution in [0.5, 0.6) is 0 Å². The molecule has 16 heavy (non-hydrogen) atoms. The Balaban J connectivity index is 1.85. The van der Waals surface area contributed by atoms with Crippen LogP contribution >= 0.6 is 0 Å². The van der Waals surface area contributed by atoms with Crippen LogP contribution in [0, 0.1) is 0 Å². The van der Waals surface area contributed by atoms with Crippen molar-refractivity contribution in [2.24, 2.45) is 0 Å². The predicted molar refractivity (Wildman–Crippen MR) is 60.0 cm³/mol. The van der Waals surface area contributed by atoms with Crippen LogP contribution in [-0.2, 0) is 11.3 Å². The standard InChI is InChI=1S/C11H14N4O/c1-2-9(8-15-4-6-16-7-5-15)11-10(3-1)12-14-13-11/h1-3H,4-8H2,(H,12,13,14). The van der Waals surface area contributed by atoms with Gasteiger partial charge in [0.2, 0.25) is 0 Å². The molecule has 0 atom stereocenters. The summed E-state index contributed by atoms with van der Waals surface area (Å²) in [6.45, 7) is 4.57. The zero-order chi connectivity index (χ0) is 10.8. The second-order valence-electron chi connectivity index (χ2n) is 4.00. The van der Waals surface area contributed by atoms with Crippen LogP contribution in [-0.4, -0.2) is 46.6 Å². The van der Waals surface area contributed by atoms with Gasteiger partial charge in [-0.15, -0.1) is 0 Å². The topological polar surface area (TPSA) is 54.0 Å². The van der Waals surface area contributed by atoms with Crippen LogP contribution < -0.4 is 0 Å². The molecule has 0 spiro atoms. The fraction of sp³-hybridized carbons (Fsp3) is 0.455. The molecule has 0 amide bonds. The van der Waals surface area contributed by atoms with Gasteiger partial charge in [-0.3, -0.25) is 4.90 Å². The summed E-state index contributed by atoms with van der Waals surface area (Å²) in [5, 5.41) is 11.0. The van der Waals surface area contributed by atoms with E-state index in [1.165, 1.54) is 5.56 Å². The van der Waals surface area contributed by atoms with Gasteiger partial charge in [0.1, 0.15) is 11.0 Å². The number of aromatic amines is 1. The molecule has 2 heterocycles. The fourth-order valence-electron chi connectivity index (χ4n) is 2.05. The van der Waals surface area contributed by atoms with Gasteiger partial charge in [-0.25, -0.2) is 0 Å². The van der Waals surface area contributed by atoms with Gasteiger partial charge in [0.05, 0.1) is 13.2 Å². The lowest BCUT2D eigenvalue weighted by Crippen LogP contribution is -2.35. The predicted octanol–water partition coefficient (Wildman–Crippen LogP) is 0.790. The third-order valence-electron chi connectivity index (χ3n) is 2.93. The third-order valence-corrected chi connectivity index (χ3v) is 2.93. The SMILES string of the molecule is c1cc(CN2CCOCC2)c2n[nH]nc2c1. The fourth-order valence-corrected chi connectivity index (χ4v) is 2.05. The number of benzene rings is 1. The van der Waals surface area contributed by atoms with Gasteiger partial charge in [-0.1, -0.05) is 12.1 Å². The van der Waals surface area contributed by atoms with E-state index < -0.39 is 0 Å². The Kier molecular flexibility index (Phi) is 2.55. The number of morpholine rings is 1. The van der Waals surface area contributed by atoms with Crippen molar-refractivity contribution in [2.75, 3.05) is 26.3 Å². The summed E-state index contributed by atoms with van der Waals surface area (Å²) in [4.78, 5) is 2.38. The van der Waals surface area contributed by atoms with E-state index in [-0.39, 0.29) is 0 Å². The van der Waals surface area contributed by atoms with Crippen molar-refractivity contribution in [1.82, 2.24) is 20.3 Å². The van der Waals surface area contributed by atoms with E-state index in [0.29, 0.717) is 0 Å². The summed E-state index contributed by atoms with van der Waals surface area (Å²) < 4.78 is 5.33. The number of nitrogens with one attached hydrogen (secondary N) is 1. The van der Waals surface area contributed by atoms with E-state index in [0.717, 1.165) is 43.9 Å². The van der Waals surface area contributed by atoms with Gasteiger partial charge >= 0.3 is 0 Å². The van der Waals surface area contributed by atoms with Crippen molar-refractivity contribution < 1.29 is 4.74 Å². The van der Waals surface area contributed by atoms with Crippen molar-refractivity contribution in [3.63, 3.8) is 0 Å². The molecule has 2 aromatic rings. The number of aromatic nitrogens is 3. The van der Waals surface area contributed by atoms with Crippen LogP contribution in [0.15, 0.2) is 18.2 Å². The number of para-hydroxylation sites is 1. The van der Waals surface area contributed by atoms with Crippen LogP contribution in [0.2, 0.25) is 0 Å². The average Bonchev–Trinajstić information content (AvgIpc) is 2.80. The minimum atomic E-state index is 0.828. The third kappa shape index (κ3) is 1.79. The van der Waals surface area contributed by atoms with Crippen molar-refractivity contribution >= 4 is 11.0 Å². The molecule has 5 heteroatoms. The van der Waals surface area contributed by atoms with E-state index in [9.17, 15) is 0 Å². The molecule has 1 aliphatic heterocycles. The van der Waals surface area contributed by atoms with E-state index in [2.05, 4.69) is 26.4 Å². The molecule has 84 valence electrons. The number of rotatable bonds is 2. The molecule has 1 saturated heterocycles. The zero-order valence-electron chi connectivity index (χ0n) is 9.02. The highest BCUT2D eigenvalue weighted by Gasteiger charge is 2.13. The monoisotopic (exact) mass is 218 g/mol. The van der Waals surface area contributed by atoms with E-state index in [1.807, 2.05) is 12.1 Å². The number of H-pyrrole nitrogens is 1. The minimum absolute atomic E-state index is 0.828. The maximum atomic E-state index is 5.33. The van der Waals surface area contributed by atoms with Crippen molar-refractivity contribution in [3.05, 3.63) is 23.8 Å². The minimum Gasteiger partial charge on any atom is -0.379 e. The summed E-state index contributed by atoms with van der Waals surface area (Å²) >= 11 is 0. The summed E-state index contributed by atoms with van der Waals surface area (Å²) in [6, 6.07) is 6.11. The van der Waals surface area contributed by atoms with Gasteiger partial charge in [-0.2, -0.15) is 15.4 Å². The summed E-state index contributed by atoms with van der Waals surface area (Å²) in [7, 11) is 0. The Hall–Kier alpha value is -1.46. The lowest BCUT2D eigenvalue weighted by Gasteiger charge is -2.26. The van der Waals surface area contributed by atoms with E-state index >= 15 is 0 Å². The maximum absolute atomic E-state index is 5.33. The molecular formula is C11H14N4O. The van der Waals surface area contributed by atoms with Gasteiger partial charge in [0.15, 0.2) is 0 Å². The molecule has 0 aliphatic carbocycles. The Morgan fingerprint density at radius 2 is 2.12 bits per heavy atom. The van der Waals surface area contributed by atoms with E-state index in [1.54, 1.807) is 0 Å². The van der Waals surface area contributed by atoms with Crippen molar-refractivity contribution in [3.8, 4) is 0 Å². The number of ether oxygens (including phenoxy) is 1. The zero-order valence-corrected chi connectivity index (χ0v) is 9.02. The van der Waals surface area contributed by atoms with Gasteiger partial charge in [-0.05, 0) is 11.6 Å². The normalized spacial score (nSPS) is 18.0. The Morgan fingerprint density at radius 1 is 1.25 bits per heavy atom. The second-order valence-corrected chi connectivity index (χ2v) is 4.00. The molecule has 0 saturated carbocycles. The van der Waals surface area contributed by atoms with Crippen LogP contribution in [0.3, 0.4) is 0 Å².